The number of unbranched alkanes of at least 4 members (excludes halogenated alkanes) is 15. The Balaban J connectivity index is 1.70. The maximum Gasteiger partial charge on any atom is 0.0359 e. The zero-order valence-electron chi connectivity index (χ0n) is 17.4. The summed E-state index contributed by atoms with van der Waals surface area (Å²) in [5, 5.41) is 0. The molecule has 1 heterocycles. The van der Waals surface area contributed by atoms with Gasteiger partial charge in [-0.3, -0.25) is 0 Å². The van der Waals surface area contributed by atoms with Crippen LogP contribution in [0.3, 0.4) is 0 Å². The number of hydrogen-bond donors (Lipinski definition) is 0. The summed E-state index contributed by atoms with van der Waals surface area (Å²) in [6.07, 6.45) is 30.0. The third-order valence-corrected chi connectivity index (χ3v) is 5.49. The predicted octanol–water partition coefficient (Wildman–Crippen LogP) is 8.02. The van der Waals surface area contributed by atoms with Crippen molar-refractivity contribution in [2.45, 2.75) is 117 Å². The second-order valence-electron chi connectivity index (χ2n) is 8.06. The van der Waals surface area contributed by atoms with Crippen molar-refractivity contribution in [2.24, 2.45) is 0 Å². The minimum absolute atomic E-state index is 1.11. The lowest BCUT2D eigenvalue weighted by Crippen LogP contribution is -2.20. The van der Waals surface area contributed by atoms with Crippen molar-refractivity contribution in [3.63, 3.8) is 0 Å². The zero-order chi connectivity index (χ0) is 18.0. The van der Waals surface area contributed by atoms with Crippen molar-refractivity contribution >= 4 is 0 Å². The third-order valence-electron chi connectivity index (χ3n) is 5.49. The Morgan fingerprint density at radius 2 is 1.12 bits per heavy atom. The van der Waals surface area contributed by atoms with Gasteiger partial charge in [-0.05, 0) is 25.6 Å². The highest BCUT2D eigenvalue weighted by Crippen LogP contribution is 2.14. The summed E-state index contributed by atoms with van der Waals surface area (Å²) in [5.74, 6) is 0. The minimum Gasteiger partial charge on any atom is -0.374 e. The monoisotopic (exact) mass is 347 g/mol. The summed E-state index contributed by atoms with van der Waals surface area (Å²) in [4.78, 5) is 2.44. The maximum absolute atomic E-state index is 2.44. The van der Waals surface area contributed by atoms with Gasteiger partial charge in [0.15, 0.2) is 0 Å². The molecule has 1 rings (SSSR count). The molecule has 1 nitrogen and oxygen atoms in total. The van der Waals surface area contributed by atoms with Crippen molar-refractivity contribution < 1.29 is 0 Å². The first kappa shape index (κ1) is 22.3. The van der Waals surface area contributed by atoms with Crippen LogP contribution in [-0.2, 0) is 0 Å². The first-order valence-electron chi connectivity index (χ1n) is 11.4. The molecule has 0 atom stereocenters. The highest BCUT2D eigenvalue weighted by molar-refractivity contribution is 5.19. The molecule has 0 amide bonds. The van der Waals surface area contributed by atoms with Crippen LogP contribution in [0, 0.1) is 0 Å². The SMILES string of the molecule is CCCCCCCCCCCCCCCCCCN1C=CC(C)=CC1. The van der Waals surface area contributed by atoms with Crippen LogP contribution in [0.5, 0.6) is 0 Å². The molecule has 0 radical (unpaired) electrons. The van der Waals surface area contributed by atoms with Gasteiger partial charge in [-0.1, -0.05) is 115 Å². The molecule has 0 aliphatic carbocycles. The van der Waals surface area contributed by atoms with E-state index < -0.39 is 0 Å². The molecule has 0 unspecified atom stereocenters. The average molecular weight is 348 g/mol. The van der Waals surface area contributed by atoms with Crippen LogP contribution >= 0.6 is 0 Å². The summed E-state index contributed by atoms with van der Waals surface area (Å²) in [7, 11) is 0. The molecule has 1 heteroatoms. The van der Waals surface area contributed by atoms with E-state index in [0.29, 0.717) is 0 Å². The van der Waals surface area contributed by atoms with Crippen molar-refractivity contribution in [1.82, 2.24) is 4.90 Å². The van der Waals surface area contributed by atoms with Crippen molar-refractivity contribution in [3.8, 4) is 0 Å². The molecule has 0 bridgehead atoms. The van der Waals surface area contributed by atoms with Gasteiger partial charge >= 0.3 is 0 Å². The van der Waals surface area contributed by atoms with Gasteiger partial charge < -0.3 is 4.90 Å². The quantitative estimate of drug-likeness (QED) is 0.241. The number of rotatable bonds is 17. The fourth-order valence-electron chi connectivity index (χ4n) is 3.64. The van der Waals surface area contributed by atoms with E-state index in [1.54, 1.807) is 0 Å². The van der Waals surface area contributed by atoms with E-state index in [1.165, 1.54) is 115 Å². The zero-order valence-corrected chi connectivity index (χ0v) is 17.4. The van der Waals surface area contributed by atoms with Crippen LogP contribution in [0.2, 0.25) is 0 Å². The van der Waals surface area contributed by atoms with Crippen molar-refractivity contribution in [2.75, 3.05) is 13.1 Å². The minimum atomic E-state index is 1.11. The van der Waals surface area contributed by atoms with Crippen LogP contribution in [0.15, 0.2) is 23.9 Å². The Hall–Kier alpha value is -0.720. The van der Waals surface area contributed by atoms with E-state index in [-0.39, 0.29) is 0 Å². The Kier molecular flexibility index (Phi) is 14.9. The summed E-state index contributed by atoms with van der Waals surface area (Å²) in [5.41, 5.74) is 1.41. The van der Waals surface area contributed by atoms with Crippen LogP contribution in [-0.4, -0.2) is 18.0 Å². The normalized spacial score (nSPS) is 14.2. The Morgan fingerprint density at radius 3 is 1.52 bits per heavy atom. The Morgan fingerprint density at radius 1 is 0.680 bits per heavy atom. The van der Waals surface area contributed by atoms with Crippen LogP contribution < -0.4 is 0 Å². The molecule has 0 spiro atoms. The van der Waals surface area contributed by atoms with Gasteiger partial charge in [0, 0.05) is 13.1 Å². The molecule has 0 aromatic carbocycles. The van der Waals surface area contributed by atoms with E-state index in [2.05, 4.69) is 37.1 Å². The van der Waals surface area contributed by atoms with E-state index in [4.69, 9.17) is 0 Å². The van der Waals surface area contributed by atoms with Gasteiger partial charge in [-0.25, -0.2) is 0 Å². The van der Waals surface area contributed by atoms with Gasteiger partial charge in [0.05, 0.1) is 0 Å². The molecule has 0 N–H and O–H groups in total. The average Bonchev–Trinajstić information content (AvgIpc) is 2.63. The molecule has 1 aliphatic rings. The maximum atomic E-state index is 2.44. The number of allylic oxidation sites excluding steroid dienone is 2. The lowest BCUT2D eigenvalue weighted by Gasteiger charge is -2.21. The highest BCUT2D eigenvalue weighted by Gasteiger charge is 2.01. The number of hydrogen-bond acceptors (Lipinski definition) is 1. The summed E-state index contributed by atoms with van der Waals surface area (Å²) < 4.78 is 0. The first-order chi connectivity index (χ1) is 12.3. The molecular weight excluding hydrogens is 302 g/mol. The molecule has 1 aliphatic heterocycles. The molecule has 0 saturated carbocycles. The molecule has 146 valence electrons. The van der Waals surface area contributed by atoms with Gasteiger partial charge in [-0.15, -0.1) is 0 Å². The van der Waals surface area contributed by atoms with Gasteiger partial charge in [0.2, 0.25) is 0 Å². The van der Waals surface area contributed by atoms with Crippen LogP contribution in [0.4, 0.5) is 0 Å². The Bertz CT molecular complexity index is 342. The molecule has 25 heavy (non-hydrogen) atoms. The van der Waals surface area contributed by atoms with Gasteiger partial charge in [0.1, 0.15) is 0 Å². The second-order valence-corrected chi connectivity index (χ2v) is 8.06. The first-order valence-corrected chi connectivity index (χ1v) is 11.4. The third kappa shape index (κ3) is 14.2. The van der Waals surface area contributed by atoms with E-state index >= 15 is 0 Å². The standard InChI is InChI=1S/C24H45N/c1-3-4-5-6-7-8-9-10-11-12-13-14-15-16-17-18-21-25-22-19-24(2)20-23-25/h19-20,22H,3-18,21,23H2,1-2H3. The predicted molar refractivity (Wildman–Crippen MR) is 114 cm³/mol. The summed E-state index contributed by atoms with van der Waals surface area (Å²) >= 11 is 0. The largest absolute Gasteiger partial charge is 0.374 e. The fourth-order valence-corrected chi connectivity index (χ4v) is 3.64. The topological polar surface area (TPSA) is 3.24 Å². The number of nitrogens with zero attached hydrogens (tertiary/aromatic N) is 1. The van der Waals surface area contributed by atoms with Crippen LogP contribution in [0.1, 0.15) is 117 Å². The second kappa shape index (κ2) is 16.7. The van der Waals surface area contributed by atoms with E-state index in [1.807, 2.05) is 0 Å². The van der Waals surface area contributed by atoms with Crippen LogP contribution in [0.25, 0.3) is 0 Å². The lowest BCUT2D eigenvalue weighted by molar-refractivity contribution is 0.390. The summed E-state index contributed by atoms with van der Waals surface area (Å²) in [6.45, 7) is 6.83. The fraction of sp³-hybridized carbons (Fsp3) is 0.833. The molecule has 0 aromatic rings. The van der Waals surface area contributed by atoms with E-state index in [0.717, 1.165) is 6.54 Å². The Labute approximate surface area is 159 Å². The van der Waals surface area contributed by atoms with Gasteiger partial charge in [0.25, 0.3) is 0 Å². The van der Waals surface area contributed by atoms with Crippen molar-refractivity contribution in [1.29, 1.82) is 0 Å². The summed E-state index contributed by atoms with van der Waals surface area (Å²) in [6, 6.07) is 0. The molecule has 0 fully saturated rings. The lowest BCUT2D eigenvalue weighted by atomic mass is 10.0. The van der Waals surface area contributed by atoms with Gasteiger partial charge in [-0.2, -0.15) is 0 Å². The molecule has 0 aromatic heterocycles. The highest BCUT2D eigenvalue weighted by atomic mass is 15.1. The van der Waals surface area contributed by atoms with Crippen molar-refractivity contribution in [3.05, 3.63) is 23.9 Å². The van der Waals surface area contributed by atoms with E-state index in [9.17, 15) is 0 Å². The molecular formula is C24H45N. The molecule has 0 saturated heterocycles. The smallest absolute Gasteiger partial charge is 0.0359 e.